The van der Waals surface area contributed by atoms with Gasteiger partial charge in [-0.25, -0.2) is 9.97 Å². The van der Waals surface area contributed by atoms with Crippen molar-refractivity contribution in [1.29, 1.82) is 0 Å². The minimum absolute atomic E-state index is 0.249. The SMILES string of the molecule is COc1ccccc1Nc1cc(Nc2ccc3c(c2)OCO3)ncn1. The molecule has 0 saturated heterocycles. The molecule has 0 fully saturated rings. The monoisotopic (exact) mass is 336 g/mol. The third-order valence-electron chi connectivity index (χ3n) is 3.68. The zero-order valence-electron chi connectivity index (χ0n) is 13.5. The molecular formula is C18H16N4O3. The molecule has 0 atom stereocenters. The molecule has 2 aromatic carbocycles. The zero-order valence-corrected chi connectivity index (χ0v) is 13.5. The Labute approximate surface area is 144 Å². The van der Waals surface area contributed by atoms with Crippen LogP contribution < -0.4 is 24.8 Å². The van der Waals surface area contributed by atoms with Crippen molar-refractivity contribution >= 4 is 23.0 Å². The Bertz CT molecular complexity index is 901. The number of nitrogens with zero attached hydrogens (tertiary/aromatic N) is 2. The lowest BCUT2D eigenvalue weighted by molar-refractivity contribution is 0.174. The fourth-order valence-electron chi connectivity index (χ4n) is 2.50. The third-order valence-corrected chi connectivity index (χ3v) is 3.68. The first-order chi connectivity index (χ1) is 12.3. The molecule has 126 valence electrons. The van der Waals surface area contributed by atoms with Gasteiger partial charge in [-0.2, -0.15) is 0 Å². The number of nitrogens with one attached hydrogen (secondary N) is 2. The molecule has 7 nitrogen and oxygen atoms in total. The van der Waals surface area contributed by atoms with Gasteiger partial charge in [0.25, 0.3) is 0 Å². The standard InChI is InChI=1S/C18H16N4O3/c1-23-14-5-3-2-4-13(14)22-18-9-17(19-10-20-18)21-12-6-7-15-16(8-12)25-11-24-15/h2-10H,11H2,1H3,(H2,19,20,21,22). The van der Waals surface area contributed by atoms with Gasteiger partial charge in [0, 0.05) is 17.8 Å². The summed E-state index contributed by atoms with van der Waals surface area (Å²) in [6, 6.07) is 15.1. The highest BCUT2D eigenvalue weighted by Crippen LogP contribution is 2.35. The van der Waals surface area contributed by atoms with E-state index in [0.29, 0.717) is 17.4 Å². The molecule has 0 amide bonds. The minimum Gasteiger partial charge on any atom is -0.495 e. The van der Waals surface area contributed by atoms with Gasteiger partial charge >= 0.3 is 0 Å². The normalized spacial score (nSPS) is 11.9. The molecule has 1 aromatic heterocycles. The summed E-state index contributed by atoms with van der Waals surface area (Å²) in [5.74, 6) is 3.51. The number of hydrogen-bond donors (Lipinski definition) is 2. The minimum atomic E-state index is 0.249. The van der Waals surface area contributed by atoms with Crippen molar-refractivity contribution in [2.45, 2.75) is 0 Å². The van der Waals surface area contributed by atoms with E-state index >= 15 is 0 Å². The van der Waals surface area contributed by atoms with Crippen molar-refractivity contribution in [3.05, 3.63) is 54.9 Å². The maximum absolute atomic E-state index is 5.38. The number of methoxy groups -OCH3 is 1. The zero-order chi connectivity index (χ0) is 17.1. The Balaban J connectivity index is 1.53. The van der Waals surface area contributed by atoms with Crippen LogP contribution in [0.25, 0.3) is 0 Å². The first kappa shape index (κ1) is 15.1. The van der Waals surface area contributed by atoms with Crippen LogP contribution in [0.5, 0.6) is 17.2 Å². The lowest BCUT2D eigenvalue weighted by Gasteiger charge is -2.11. The van der Waals surface area contributed by atoms with Crippen LogP contribution in [0.15, 0.2) is 54.9 Å². The summed E-state index contributed by atoms with van der Waals surface area (Å²) in [5, 5.41) is 6.46. The molecule has 0 spiro atoms. The number of fused-ring (bicyclic) bond motifs is 1. The van der Waals surface area contributed by atoms with Crippen LogP contribution in [0.3, 0.4) is 0 Å². The van der Waals surface area contributed by atoms with Crippen LogP contribution in [0, 0.1) is 0 Å². The quantitative estimate of drug-likeness (QED) is 0.735. The van der Waals surface area contributed by atoms with Gasteiger partial charge in [0.1, 0.15) is 23.7 Å². The maximum Gasteiger partial charge on any atom is 0.231 e. The van der Waals surface area contributed by atoms with Crippen LogP contribution in [0.4, 0.5) is 23.0 Å². The van der Waals surface area contributed by atoms with E-state index in [0.717, 1.165) is 22.9 Å². The second-order valence-corrected chi connectivity index (χ2v) is 5.31. The molecule has 1 aliphatic rings. The molecule has 0 bridgehead atoms. The maximum atomic E-state index is 5.38. The molecule has 1 aliphatic heterocycles. The van der Waals surface area contributed by atoms with Crippen LogP contribution in [0.1, 0.15) is 0 Å². The molecule has 0 radical (unpaired) electrons. The smallest absolute Gasteiger partial charge is 0.231 e. The summed E-state index contributed by atoms with van der Waals surface area (Å²) in [5.41, 5.74) is 1.68. The summed E-state index contributed by atoms with van der Waals surface area (Å²) in [6.07, 6.45) is 1.49. The predicted molar refractivity (Wildman–Crippen MR) is 94.2 cm³/mol. The first-order valence-electron chi connectivity index (χ1n) is 7.70. The number of hydrogen-bond acceptors (Lipinski definition) is 7. The van der Waals surface area contributed by atoms with Crippen LogP contribution in [0.2, 0.25) is 0 Å². The Kier molecular flexibility index (Phi) is 3.96. The van der Waals surface area contributed by atoms with E-state index in [1.165, 1.54) is 6.33 Å². The van der Waals surface area contributed by atoms with Crippen molar-refractivity contribution in [2.75, 3.05) is 24.5 Å². The van der Waals surface area contributed by atoms with Gasteiger partial charge in [-0.1, -0.05) is 12.1 Å². The molecule has 25 heavy (non-hydrogen) atoms. The summed E-state index contributed by atoms with van der Waals surface area (Å²) in [7, 11) is 1.63. The van der Waals surface area contributed by atoms with Crippen LogP contribution in [-0.2, 0) is 0 Å². The molecule has 4 rings (SSSR count). The molecule has 0 saturated carbocycles. The van der Waals surface area contributed by atoms with Gasteiger partial charge in [-0.15, -0.1) is 0 Å². The Morgan fingerprint density at radius 3 is 2.60 bits per heavy atom. The average molecular weight is 336 g/mol. The first-order valence-corrected chi connectivity index (χ1v) is 7.70. The highest BCUT2D eigenvalue weighted by molar-refractivity contribution is 5.67. The molecular weight excluding hydrogens is 320 g/mol. The lowest BCUT2D eigenvalue weighted by atomic mass is 10.2. The fraction of sp³-hybridized carbons (Fsp3) is 0.111. The average Bonchev–Trinajstić information content (AvgIpc) is 3.10. The lowest BCUT2D eigenvalue weighted by Crippen LogP contribution is -1.99. The van der Waals surface area contributed by atoms with E-state index < -0.39 is 0 Å². The number of rotatable bonds is 5. The highest BCUT2D eigenvalue weighted by Gasteiger charge is 2.13. The van der Waals surface area contributed by atoms with Crippen LogP contribution >= 0.6 is 0 Å². The number of para-hydroxylation sites is 2. The van der Waals surface area contributed by atoms with Gasteiger partial charge in [-0.05, 0) is 24.3 Å². The number of anilines is 4. The summed E-state index contributed by atoms with van der Waals surface area (Å²) >= 11 is 0. The molecule has 3 aromatic rings. The molecule has 0 aliphatic carbocycles. The van der Waals surface area contributed by atoms with Crippen molar-refractivity contribution in [3.8, 4) is 17.2 Å². The van der Waals surface area contributed by atoms with Gasteiger partial charge in [0.15, 0.2) is 11.5 Å². The topological polar surface area (TPSA) is 77.5 Å². The van der Waals surface area contributed by atoms with E-state index in [2.05, 4.69) is 20.6 Å². The summed E-state index contributed by atoms with van der Waals surface area (Å²) < 4.78 is 16.0. The second kappa shape index (κ2) is 6.56. The summed E-state index contributed by atoms with van der Waals surface area (Å²) in [4.78, 5) is 8.49. The number of ether oxygens (including phenoxy) is 3. The van der Waals surface area contributed by atoms with Crippen molar-refractivity contribution in [3.63, 3.8) is 0 Å². The molecule has 0 unspecified atom stereocenters. The largest absolute Gasteiger partial charge is 0.495 e. The van der Waals surface area contributed by atoms with Crippen LogP contribution in [-0.4, -0.2) is 23.9 Å². The van der Waals surface area contributed by atoms with E-state index in [-0.39, 0.29) is 6.79 Å². The van der Waals surface area contributed by atoms with E-state index in [1.807, 2.05) is 48.5 Å². The van der Waals surface area contributed by atoms with Gasteiger partial charge in [0.05, 0.1) is 12.8 Å². The Hall–Kier alpha value is -3.48. The van der Waals surface area contributed by atoms with Crippen molar-refractivity contribution < 1.29 is 14.2 Å². The summed E-state index contributed by atoms with van der Waals surface area (Å²) in [6.45, 7) is 0.249. The second-order valence-electron chi connectivity index (χ2n) is 5.31. The van der Waals surface area contributed by atoms with Gasteiger partial charge < -0.3 is 24.8 Å². The van der Waals surface area contributed by atoms with E-state index in [1.54, 1.807) is 7.11 Å². The number of benzene rings is 2. The molecule has 7 heteroatoms. The molecule has 2 heterocycles. The van der Waals surface area contributed by atoms with Gasteiger partial charge in [0.2, 0.25) is 6.79 Å². The third kappa shape index (κ3) is 3.25. The molecule has 2 N–H and O–H groups in total. The van der Waals surface area contributed by atoms with Gasteiger partial charge in [-0.3, -0.25) is 0 Å². The van der Waals surface area contributed by atoms with E-state index in [9.17, 15) is 0 Å². The fourth-order valence-corrected chi connectivity index (χ4v) is 2.50. The van der Waals surface area contributed by atoms with Crippen molar-refractivity contribution in [1.82, 2.24) is 9.97 Å². The van der Waals surface area contributed by atoms with E-state index in [4.69, 9.17) is 14.2 Å². The predicted octanol–water partition coefficient (Wildman–Crippen LogP) is 3.70. The highest BCUT2D eigenvalue weighted by atomic mass is 16.7. The van der Waals surface area contributed by atoms with Crippen molar-refractivity contribution in [2.24, 2.45) is 0 Å². The number of aromatic nitrogens is 2. The Morgan fingerprint density at radius 1 is 0.920 bits per heavy atom. The Morgan fingerprint density at radius 2 is 1.72 bits per heavy atom.